The molecule has 0 unspecified atom stereocenters. The Morgan fingerprint density at radius 2 is 1.95 bits per heavy atom. The van der Waals surface area contributed by atoms with E-state index in [0.29, 0.717) is 0 Å². The van der Waals surface area contributed by atoms with Gasteiger partial charge in [0, 0.05) is 18.7 Å². The number of anilines is 1. The Labute approximate surface area is 119 Å². The first kappa shape index (κ1) is 12.1. The molecule has 2 aliphatic rings. The van der Waals surface area contributed by atoms with Gasteiger partial charge < -0.3 is 4.90 Å². The minimum absolute atomic E-state index is 0.763. The van der Waals surface area contributed by atoms with Crippen molar-refractivity contribution in [3.8, 4) is 0 Å². The van der Waals surface area contributed by atoms with Crippen molar-refractivity contribution in [2.24, 2.45) is 5.92 Å². The van der Waals surface area contributed by atoms with Crippen LogP contribution in [0, 0.1) is 5.92 Å². The van der Waals surface area contributed by atoms with Crippen LogP contribution in [0.4, 0.5) is 5.82 Å². The van der Waals surface area contributed by atoms with Crippen LogP contribution in [-0.2, 0) is 12.8 Å². The lowest BCUT2D eigenvalue weighted by Gasteiger charge is -2.34. The summed E-state index contributed by atoms with van der Waals surface area (Å²) in [6.07, 6.45) is 8.92. The van der Waals surface area contributed by atoms with Crippen molar-refractivity contribution < 1.29 is 0 Å². The molecule has 4 rings (SSSR count). The van der Waals surface area contributed by atoms with Gasteiger partial charge in [-0.15, -0.1) is 0 Å². The molecular formula is C15H21N5. The fraction of sp³-hybridized carbons (Fsp3) is 0.667. The number of rotatable bonds is 1. The van der Waals surface area contributed by atoms with E-state index in [1.165, 1.54) is 42.8 Å². The van der Waals surface area contributed by atoms with Gasteiger partial charge in [-0.1, -0.05) is 6.92 Å². The summed E-state index contributed by atoms with van der Waals surface area (Å²) in [6, 6.07) is 0. The average molecular weight is 271 g/mol. The molecule has 0 N–H and O–H groups in total. The molecule has 5 nitrogen and oxygen atoms in total. The van der Waals surface area contributed by atoms with E-state index in [0.717, 1.165) is 37.6 Å². The van der Waals surface area contributed by atoms with Crippen molar-refractivity contribution in [2.45, 2.75) is 45.4 Å². The third-order valence-electron chi connectivity index (χ3n) is 4.76. The van der Waals surface area contributed by atoms with E-state index in [2.05, 4.69) is 21.9 Å². The van der Waals surface area contributed by atoms with E-state index in [1.54, 1.807) is 6.33 Å². The number of hydrogen-bond donors (Lipinski definition) is 0. The Balaban J connectivity index is 1.85. The summed E-state index contributed by atoms with van der Waals surface area (Å²) in [4.78, 5) is 11.5. The van der Waals surface area contributed by atoms with E-state index in [1.807, 2.05) is 4.52 Å². The number of aryl methyl sites for hydroxylation is 1. The van der Waals surface area contributed by atoms with Gasteiger partial charge in [0.2, 0.25) is 0 Å². The average Bonchev–Trinajstić information content (AvgIpc) is 2.93. The van der Waals surface area contributed by atoms with Crippen molar-refractivity contribution in [3.05, 3.63) is 17.6 Å². The van der Waals surface area contributed by atoms with E-state index in [9.17, 15) is 0 Å². The maximum absolute atomic E-state index is 4.71. The smallest absolute Gasteiger partial charge is 0.254 e. The molecule has 106 valence electrons. The number of nitrogens with zero attached hydrogens (tertiary/aromatic N) is 5. The third-order valence-corrected chi connectivity index (χ3v) is 4.76. The highest BCUT2D eigenvalue weighted by molar-refractivity contribution is 5.55. The first-order chi connectivity index (χ1) is 9.83. The van der Waals surface area contributed by atoms with Crippen molar-refractivity contribution in [1.82, 2.24) is 19.6 Å². The van der Waals surface area contributed by atoms with Crippen LogP contribution in [0.25, 0.3) is 5.78 Å². The molecule has 1 aliphatic carbocycles. The fourth-order valence-corrected chi connectivity index (χ4v) is 3.51. The number of piperidine rings is 1. The second-order valence-corrected chi connectivity index (χ2v) is 6.21. The zero-order valence-electron chi connectivity index (χ0n) is 12.0. The predicted octanol–water partition coefficient (Wildman–Crippen LogP) is 2.24. The molecule has 0 bridgehead atoms. The lowest BCUT2D eigenvalue weighted by atomic mass is 9.94. The maximum atomic E-state index is 4.71. The molecular weight excluding hydrogens is 250 g/mol. The van der Waals surface area contributed by atoms with E-state index < -0.39 is 0 Å². The van der Waals surface area contributed by atoms with Gasteiger partial charge in [0.15, 0.2) is 0 Å². The lowest BCUT2D eigenvalue weighted by molar-refractivity contribution is 0.433. The van der Waals surface area contributed by atoms with Crippen LogP contribution in [0.2, 0.25) is 0 Å². The Hall–Kier alpha value is -1.65. The molecule has 0 saturated carbocycles. The number of hydrogen-bond acceptors (Lipinski definition) is 4. The lowest BCUT2D eigenvalue weighted by Crippen LogP contribution is -2.35. The van der Waals surface area contributed by atoms with Crippen LogP contribution >= 0.6 is 0 Å². The van der Waals surface area contributed by atoms with Gasteiger partial charge >= 0.3 is 0 Å². The molecule has 0 amide bonds. The van der Waals surface area contributed by atoms with Crippen LogP contribution in [0.15, 0.2) is 6.33 Å². The minimum Gasteiger partial charge on any atom is -0.356 e. The number of fused-ring (bicyclic) bond motifs is 2. The monoisotopic (exact) mass is 271 g/mol. The summed E-state index contributed by atoms with van der Waals surface area (Å²) in [5.74, 6) is 2.88. The second kappa shape index (κ2) is 4.72. The first-order valence-corrected chi connectivity index (χ1v) is 7.79. The minimum atomic E-state index is 0.763. The summed E-state index contributed by atoms with van der Waals surface area (Å²) in [7, 11) is 0. The molecule has 0 aromatic carbocycles. The predicted molar refractivity (Wildman–Crippen MR) is 78.0 cm³/mol. The Morgan fingerprint density at radius 3 is 2.80 bits per heavy atom. The topological polar surface area (TPSA) is 46.3 Å². The SMILES string of the molecule is CC1CCN(c2c3c(nc4ncnn24)CCCC3)CC1. The standard InChI is InChI=1S/C15H21N5/c1-11-6-8-19(9-7-11)14-12-4-2-3-5-13(12)18-15-16-10-17-20(14)15/h10-11H,2-9H2,1H3. The first-order valence-electron chi connectivity index (χ1n) is 7.79. The van der Waals surface area contributed by atoms with Crippen molar-refractivity contribution in [2.75, 3.05) is 18.0 Å². The number of aromatic nitrogens is 4. The van der Waals surface area contributed by atoms with Gasteiger partial charge in [-0.05, 0) is 44.4 Å². The van der Waals surface area contributed by atoms with E-state index >= 15 is 0 Å². The Bertz CT molecular complexity index is 624. The molecule has 2 aromatic heterocycles. The largest absolute Gasteiger partial charge is 0.356 e. The second-order valence-electron chi connectivity index (χ2n) is 6.21. The zero-order chi connectivity index (χ0) is 13.5. The van der Waals surface area contributed by atoms with Crippen molar-refractivity contribution in [3.63, 3.8) is 0 Å². The summed E-state index contributed by atoms with van der Waals surface area (Å²) >= 11 is 0. The fourth-order valence-electron chi connectivity index (χ4n) is 3.51. The molecule has 1 fully saturated rings. The Morgan fingerprint density at radius 1 is 1.15 bits per heavy atom. The van der Waals surface area contributed by atoms with Gasteiger partial charge in [0.05, 0.1) is 5.69 Å². The quantitative estimate of drug-likeness (QED) is 0.798. The van der Waals surface area contributed by atoms with E-state index in [4.69, 9.17) is 4.98 Å². The van der Waals surface area contributed by atoms with Gasteiger partial charge in [-0.3, -0.25) is 0 Å². The van der Waals surface area contributed by atoms with Crippen LogP contribution in [0.3, 0.4) is 0 Å². The highest BCUT2D eigenvalue weighted by Gasteiger charge is 2.25. The molecule has 3 heterocycles. The summed E-state index contributed by atoms with van der Waals surface area (Å²) in [5.41, 5.74) is 2.68. The molecule has 20 heavy (non-hydrogen) atoms. The van der Waals surface area contributed by atoms with Crippen molar-refractivity contribution in [1.29, 1.82) is 0 Å². The maximum Gasteiger partial charge on any atom is 0.254 e. The molecule has 0 atom stereocenters. The molecule has 1 aliphatic heterocycles. The van der Waals surface area contributed by atoms with Crippen LogP contribution in [0.5, 0.6) is 0 Å². The molecule has 0 spiro atoms. The molecule has 0 radical (unpaired) electrons. The molecule has 1 saturated heterocycles. The Kier molecular flexibility index (Phi) is 2.86. The molecule has 5 heteroatoms. The van der Waals surface area contributed by atoms with Gasteiger partial charge in [0.25, 0.3) is 5.78 Å². The van der Waals surface area contributed by atoms with Crippen LogP contribution in [0.1, 0.15) is 43.9 Å². The highest BCUT2D eigenvalue weighted by atomic mass is 15.4. The zero-order valence-corrected chi connectivity index (χ0v) is 12.0. The summed E-state index contributed by atoms with van der Waals surface area (Å²) in [5, 5.41) is 4.42. The van der Waals surface area contributed by atoms with Gasteiger partial charge in [0.1, 0.15) is 12.1 Å². The summed E-state index contributed by atoms with van der Waals surface area (Å²) < 4.78 is 1.96. The third kappa shape index (κ3) is 1.87. The highest BCUT2D eigenvalue weighted by Crippen LogP contribution is 2.31. The van der Waals surface area contributed by atoms with Crippen LogP contribution < -0.4 is 4.90 Å². The summed E-state index contributed by atoms with van der Waals surface area (Å²) in [6.45, 7) is 4.61. The van der Waals surface area contributed by atoms with Crippen molar-refractivity contribution >= 4 is 11.6 Å². The normalized spacial score (nSPS) is 20.4. The van der Waals surface area contributed by atoms with Crippen LogP contribution in [-0.4, -0.2) is 32.7 Å². The van der Waals surface area contributed by atoms with Gasteiger partial charge in [-0.2, -0.15) is 14.6 Å². The molecule has 2 aromatic rings. The van der Waals surface area contributed by atoms with E-state index in [-0.39, 0.29) is 0 Å². The van der Waals surface area contributed by atoms with Gasteiger partial charge in [-0.25, -0.2) is 4.98 Å².